The van der Waals surface area contributed by atoms with Gasteiger partial charge in [0, 0.05) is 28.0 Å². The van der Waals surface area contributed by atoms with Crippen LogP contribution in [-0.4, -0.2) is 16.8 Å². The number of carbonyl (C=O) groups is 1. The standard InChI is InChI=1S/C28H24ClNOS/c1-19-25(14-15-32-19)26-8-4-5-9-27(26)28(31)30(18-20-10-12-23(29)13-11-20)24-16-21-6-2-3-7-22(21)17-24/h2-15,24H,16-18H2,1H3. The SMILES string of the molecule is Cc1sccc1-c1ccccc1C(=O)N(Cc1ccc(Cl)cc1)C1Cc2ccccc2C1. The zero-order chi connectivity index (χ0) is 22.1. The summed E-state index contributed by atoms with van der Waals surface area (Å²) in [6.07, 6.45) is 1.77. The second kappa shape index (κ2) is 8.93. The van der Waals surface area contributed by atoms with Crippen molar-refractivity contribution in [2.75, 3.05) is 0 Å². The highest BCUT2D eigenvalue weighted by atomic mass is 35.5. The highest BCUT2D eigenvalue weighted by Crippen LogP contribution is 2.33. The van der Waals surface area contributed by atoms with Crippen LogP contribution in [-0.2, 0) is 19.4 Å². The number of hydrogen-bond donors (Lipinski definition) is 0. The summed E-state index contributed by atoms with van der Waals surface area (Å²) in [4.78, 5) is 17.4. The maximum Gasteiger partial charge on any atom is 0.255 e. The summed E-state index contributed by atoms with van der Waals surface area (Å²) in [6.45, 7) is 2.67. The number of carbonyl (C=O) groups excluding carboxylic acids is 1. The van der Waals surface area contributed by atoms with E-state index in [4.69, 9.17) is 11.6 Å². The Balaban J connectivity index is 1.53. The molecule has 160 valence electrons. The van der Waals surface area contributed by atoms with Crippen LogP contribution in [0.15, 0.2) is 84.2 Å². The number of thiophene rings is 1. The molecule has 0 aliphatic heterocycles. The molecule has 0 radical (unpaired) electrons. The number of halogens is 1. The molecule has 1 aliphatic carbocycles. The van der Waals surface area contributed by atoms with Crippen molar-refractivity contribution in [1.29, 1.82) is 0 Å². The first-order valence-corrected chi connectivity index (χ1v) is 12.1. The van der Waals surface area contributed by atoms with Crippen LogP contribution in [0.5, 0.6) is 0 Å². The third kappa shape index (κ3) is 4.11. The minimum absolute atomic E-state index is 0.0824. The predicted molar refractivity (Wildman–Crippen MR) is 133 cm³/mol. The van der Waals surface area contributed by atoms with Crippen LogP contribution in [0, 0.1) is 6.92 Å². The van der Waals surface area contributed by atoms with Crippen molar-refractivity contribution in [3.63, 3.8) is 0 Å². The smallest absolute Gasteiger partial charge is 0.255 e. The van der Waals surface area contributed by atoms with Gasteiger partial charge < -0.3 is 4.90 Å². The molecule has 0 spiro atoms. The quantitative estimate of drug-likeness (QED) is 0.310. The monoisotopic (exact) mass is 457 g/mol. The number of nitrogens with zero attached hydrogens (tertiary/aromatic N) is 1. The van der Waals surface area contributed by atoms with E-state index < -0.39 is 0 Å². The van der Waals surface area contributed by atoms with Crippen molar-refractivity contribution in [2.24, 2.45) is 0 Å². The Morgan fingerprint density at radius 3 is 2.22 bits per heavy atom. The Labute approximate surface area is 198 Å². The van der Waals surface area contributed by atoms with Crippen molar-refractivity contribution in [2.45, 2.75) is 32.4 Å². The average molecular weight is 458 g/mol. The first-order valence-electron chi connectivity index (χ1n) is 10.9. The molecule has 1 aliphatic rings. The normalized spacial score (nSPS) is 13.2. The average Bonchev–Trinajstić information content (AvgIpc) is 3.44. The van der Waals surface area contributed by atoms with E-state index in [9.17, 15) is 4.79 Å². The highest BCUT2D eigenvalue weighted by Gasteiger charge is 2.31. The lowest BCUT2D eigenvalue weighted by atomic mass is 9.98. The zero-order valence-corrected chi connectivity index (χ0v) is 19.5. The van der Waals surface area contributed by atoms with Gasteiger partial charge in [-0.15, -0.1) is 11.3 Å². The molecule has 2 nitrogen and oxygen atoms in total. The molecule has 0 saturated heterocycles. The second-order valence-electron chi connectivity index (χ2n) is 8.33. The lowest BCUT2D eigenvalue weighted by Crippen LogP contribution is -2.40. The minimum atomic E-state index is 0.0824. The van der Waals surface area contributed by atoms with E-state index in [1.165, 1.54) is 16.0 Å². The van der Waals surface area contributed by atoms with Crippen molar-refractivity contribution >= 4 is 28.8 Å². The van der Waals surface area contributed by atoms with Crippen LogP contribution >= 0.6 is 22.9 Å². The minimum Gasteiger partial charge on any atom is -0.331 e. The van der Waals surface area contributed by atoms with Crippen LogP contribution in [0.25, 0.3) is 11.1 Å². The van der Waals surface area contributed by atoms with Crippen LogP contribution in [0.4, 0.5) is 0 Å². The van der Waals surface area contributed by atoms with Crippen LogP contribution in [0.1, 0.15) is 31.9 Å². The molecule has 0 bridgehead atoms. The molecule has 4 heteroatoms. The number of amides is 1. The molecule has 0 N–H and O–H groups in total. The lowest BCUT2D eigenvalue weighted by molar-refractivity contribution is 0.0668. The molecule has 5 rings (SSSR count). The van der Waals surface area contributed by atoms with E-state index in [1.54, 1.807) is 11.3 Å². The van der Waals surface area contributed by atoms with Gasteiger partial charge in [-0.05, 0) is 77.2 Å². The summed E-state index contributed by atoms with van der Waals surface area (Å²) in [7, 11) is 0. The molecule has 1 heterocycles. The van der Waals surface area contributed by atoms with Gasteiger partial charge in [0.1, 0.15) is 0 Å². The van der Waals surface area contributed by atoms with Gasteiger partial charge in [0.25, 0.3) is 5.91 Å². The Morgan fingerprint density at radius 2 is 1.56 bits per heavy atom. The van der Waals surface area contributed by atoms with Gasteiger partial charge in [0.05, 0.1) is 0 Å². The fourth-order valence-electron chi connectivity index (χ4n) is 4.63. The zero-order valence-electron chi connectivity index (χ0n) is 17.9. The summed E-state index contributed by atoms with van der Waals surface area (Å²) in [5.41, 5.74) is 6.68. The molecule has 3 aromatic carbocycles. The van der Waals surface area contributed by atoms with Crippen LogP contribution < -0.4 is 0 Å². The van der Waals surface area contributed by atoms with Gasteiger partial charge in [-0.2, -0.15) is 0 Å². The largest absolute Gasteiger partial charge is 0.331 e. The molecule has 0 saturated carbocycles. The number of hydrogen-bond acceptors (Lipinski definition) is 2. The molecule has 0 fully saturated rings. The van der Waals surface area contributed by atoms with Crippen LogP contribution in [0.3, 0.4) is 0 Å². The fourth-order valence-corrected chi connectivity index (χ4v) is 5.47. The fraction of sp³-hybridized carbons (Fsp3) is 0.179. The molecular formula is C28H24ClNOS. The third-order valence-electron chi connectivity index (χ3n) is 6.30. The molecule has 32 heavy (non-hydrogen) atoms. The number of rotatable bonds is 5. The summed E-state index contributed by atoms with van der Waals surface area (Å²) in [5, 5.41) is 2.79. The summed E-state index contributed by atoms with van der Waals surface area (Å²) < 4.78 is 0. The molecule has 0 atom stereocenters. The predicted octanol–water partition coefficient (Wildman–Crippen LogP) is 7.19. The van der Waals surface area contributed by atoms with E-state index in [1.807, 2.05) is 42.5 Å². The van der Waals surface area contributed by atoms with E-state index in [0.29, 0.717) is 11.6 Å². The molecular weight excluding hydrogens is 434 g/mol. The van der Waals surface area contributed by atoms with E-state index >= 15 is 0 Å². The highest BCUT2D eigenvalue weighted by molar-refractivity contribution is 7.10. The van der Waals surface area contributed by atoms with Crippen molar-refractivity contribution in [3.05, 3.63) is 116 Å². The summed E-state index contributed by atoms with van der Waals surface area (Å²) in [6, 6.07) is 26.6. The Hall–Kier alpha value is -2.88. The topological polar surface area (TPSA) is 20.3 Å². The molecule has 1 aromatic heterocycles. The molecule has 4 aromatic rings. The third-order valence-corrected chi connectivity index (χ3v) is 7.40. The maximum atomic E-state index is 14.1. The Bertz CT molecular complexity index is 1240. The van der Waals surface area contributed by atoms with Gasteiger partial charge in [-0.1, -0.05) is 66.2 Å². The molecule has 0 unspecified atom stereocenters. The van der Waals surface area contributed by atoms with Crippen molar-refractivity contribution < 1.29 is 4.79 Å². The van der Waals surface area contributed by atoms with E-state index in [-0.39, 0.29) is 11.9 Å². The van der Waals surface area contributed by atoms with Gasteiger partial charge in [0.2, 0.25) is 0 Å². The van der Waals surface area contributed by atoms with Gasteiger partial charge >= 0.3 is 0 Å². The number of fused-ring (bicyclic) bond motifs is 1. The van der Waals surface area contributed by atoms with Crippen molar-refractivity contribution in [3.8, 4) is 11.1 Å². The van der Waals surface area contributed by atoms with Gasteiger partial charge in [0.15, 0.2) is 0 Å². The summed E-state index contributed by atoms with van der Waals surface area (Å²) in [5.74, 6) is 0.0824. The second-order valence-corrected chi connectivity index (χ2v) is 9.88. The van der Waals surface area contributed by atoms with Crippen molar-refractivity contribution in [1.82, 2.24) is 4.90 Å². The summed E-state index contributed by atoms with van der Waals surface area (Å²) >= 11 is 7.82. The molecule has 1 amide bonds. The number of aryl methyl sites for hydroxylation is 1. The maximum absolute atomic E-state index is 14.1. The van der Waals surface area contributed by atoms with Gasteiger partial charge in [-0.3, -0.25) is 4.79 Å². The number of benzene rings is 3. The van der Waals surface area contributed by atoms with E-state index in [0.717, 1.165) is 35.1 Å². The Kier molecular flexibility index (Phi) is 5.86. The van der Waals surface area contributed by atoms with Crippen LogP contribution in [0.2, 0.25) is 5.02 Å². The Morgan fingerprint density at radius 1 is 0.906 bits per heavy atom. The van der Waals surface area contributed by atoms with Gasteiger partial charge in [-0.25, -0.2) is 0 Å². The first-order chi connectivity index (χ1) is 15.6. The lowest BCUT2D eigenvalue weighted by Gasteiger charge is -2.30. The van der Waals surface area contributed by atoms with E-state index in [2.05, 4.69) is 53.6 Å². The first kappa shape index (κ1) is 21.0.